The molecule has 3 rings (SSSR count). The monoisotopic (exact) mass is 281 g/mol. The van der Waals surface area contributed by atoms with Crippen LogP contribution in [0.1, 0.15) is 12.5 Å². The van der Waals surface area contributed by atoms with Gasteiger partial charge < -0.3 is 5.32 Å². The van der Waals surface area contributed by atoms with Gasteiger partial charge in [0.15, 0.2) is 0 Å². The number of fused-ring (bicyclic) bond motifs is 1. The van der Waals surface area contributed by atoms with E-state index in [1.54, 1.807) is 12.4 Å². The van der Waals surface area contributed by atoms with Gasteiger partial charge in [-0.05, 0) is 49.2 Å². The molecule has 0 aliphatic rings. The summed E-state index contributed by atoms with van der Waals surface area (Å²) >= 11 is 0. The fourth-order valence-corrected chi connectivity index (χ4v) is 2.36. The molecule has 4 heteroatoms. The van der Waals surface area contributed by atoms with Gasteiger partial charge >= 0.3 is 0 Å². The van der Waals surface area contributed by atoms with Crippen LogP contribution in [0.3, 0.4) is 0 Å². The van der Waals surface area contributed by atoms with Crippen LogP contribution in [0.15, 0.2) is 54.9 Å². The third-order valence-corrected chi connectivity index (χ3v) is 3.34. The summed E-state index contributed by atoms with van der Waals surface area (Å²) in [7, 11) is 0. The largest absolute Gasteiger partial charge is 0.382 e. The highest BCUT2D eigenvalue weighted by atomic mass is 19.1. The van der Waals surface area contributed by atoms with Gasteiger partial charge in [0.25, 0.3) is 0 Å². The van der Waals surface area contributed by atoms with Crippen LogP contribution in [-0.4, -0.2) is 16.0 Å². The van der Waals surface area contributed by atoms with Crippen LogP contribution in [0.2, 0.25) is 0 Å². The second kappa shape index (κ2) is 5.87. The SMILES string of the molecule is CC(Cc1ccc(F)cc1)Nc1ccc2nccnc2c1. The van der Waals surface area contributed by atoms with Crippen LogP contribution in [0.25, 0.3) is 11.0 Å². The molecule has 0 bridgehead atoms. The van der Waals surface area contributed by atoms with Crippen LogP contribution < -0.4 is 5.32 Å². The number of nitrogens with one attached hydrogen (secondary N) is 1. The predicted octanol–water partition coefficient (Wildman–Crippen LogP) is 3.81. The van der Waals surface area contributed by atoms with E-state index in [9.17, 15) is 4.39 Å². The molecular weight excluding hydrogens is 265 g/mol. The first-order chi connectivity index (χ1) is 10.2. The van der Waals surface area contributed by atoms with Crippen molar-refractivity contribution in [3.63, 3.8) is 0 Å². The maximum absolute atomic E-state index is 12.9. The quantitative estimate of drug-likeness (QED) is 0.790. The first-order valence-corrected chi connectivity index (χ1v) is 6.92. The van der Waals surface area contributed by atoms with E-state index in [0.717, 1.165) is 28.7 Å². The predicted molar refractivity (Wildman–Crippen MR) is 82.7 cm³/mol. The molecule has 1 N–H and O–H groups in total. The standard InChI is InChI=1S/C17H16FN3/c1-12(10-13-2-4-14(18)5-3-13)21-15-6-7-16-17(11-15)20-9-8-19-16/h2-9,11-12,21H,10H2,1H3. The number of nitrogens with zero attached hydrogens (tertiary/aromatic N) is 2. The van der Waals surface area contributed by atoms with Crippen molar-refractivity contribution >= 4 is 16.7 Å². The Morgan fingerprint density at radius 1 is 1.00 bits per heavy atom. The molecule has 3 aromatic rings. The smallest absolute Gasteiger partial charge is 0.123 e. The summed E-state index contributed by atoms with van der Waals surface area (Å²) in [4.78, 5) is 8.55. The van der Waals surface area contributed by atoms with Crippen LogP contribution in [0.4, 0.5) is 10.1 Å². The van der Waals surface area contributed by atoms with E-state index in [2.05, 4.69) is 22.2 Å². The lowest BCUT2D eigenvalue weighted by molar-refractivity contribution is 0.626. The second-order valence-electron chi connectivity index (χ2n) is 5.14. The zero-order valence-electron chi connectivity index (χ0n) is 11.8. The Hall–Kier alpha value is -2.49. The van der Waals surface area contributed by atoms with Gasteiger partial charge in [-0.3, -0.25) is 9.97 Å². The average molecular weight is 281 g/mol. The van der Waals surface area contributed by atoms with Crippen molar-refractivity contribution in [1.29, 1.82) is 0 Å². The summed E-state index contributed by atoms with van der Waals surface area (Å²) in [6.07, 6.45) is 4.21. The summed E-state index contributed by atoms with van der Waals surface area (Å²) in [5, 5.41) is 3.44. The van der Waals surface area contributed by atoms with Crippen molar-refractivity contribution in [3.8, 4) is 0 Å². The zero-order chi connectivity index (χ0) is 14.7. The summed E-state index contributed by atoms with van der Waals surface area (Å²) in [6.45, 7) is 2.10. The van der Waals surface area contributed by atoms with Crippen molar-refractivity contribution in [1.82, 2.24) is 9.97 Å². The van der Waals surface area contributed by atoms with Gasteiger partial charge in [-0.2, -0.15) is 0 Å². The fourth-order valence-electron chi connectivity index (χ4n) is 2.36. The van der Waals surface area contributed by atoms with Crippen LogP contribution >= 0.6 is 0 Å². The van der Waals surface area contributed by atoms with E-state index in [1.807, 2.05) is 30.3 Å². The molecule has 0 aliphatic carbocycles. The molecule has 0 amide bonds. The lowest BCUT2D eigenvalue weighted by Crippen LogP contribution is -2.18. The number of rotatable bonds is 4. The lowest BCUT2D eigenvalue weighted by Gasteiger charge is -2.15. The van der Waals surface area contributed by atoms with Gasteiger partial charge in [-0.1, -0.05) is 12.1 Å². The van der Waals surface area contributed by atoms with E-state index in [-0.39, 0.29) is 11.9 Å². The Morgan fingerprint density at radius 3 is 2.48 bits per heavy atom. The minimum atomic E-state index is -0.201. The highest BCUT2D eigenvalue weighted by Crippen LogP contribution is 2.17. The van der Waals surface area contributed by atoms with Crippen molar-refractivity contribution in [2.75, 3.05) is 5.32 Å². The molecule has 2 aromatic carbocycles. The number of benzene rings is 2. The minimum Gasteiger partial charge on any atom is -0.382 e. The number of aromatic nitrogens is 2. The number of hydrogen-bond acceptors (Lipinski definition) is 3. The minimum absolute atomic E-state index is 0.201. The van der Waals surface area contributed by atoms with Gasteiger partial charge in [0, 0.05) is 24.1 Å². The molecule has 21 heavy (non-hydrogen) atoms. The van der Waals surface area contributed by atoms with Gasteiger partial charge in [0.2, 0.25) is 0 Å². The van der Waals surface area contributed by atoms with Gasteiger partial charge in [-0.25, -0.2) is 4.39 Å². The maximum atomic E-state index is 12.9. The normalized spacial score (nSPS) is 12.3. The Bertz CT molecular complexity index is 740. The van der Waals surface area contributed by atoms with E-state index < -0.39 is 0 Å². The third-order valence-electron chi connectivity index (χ3n) is 3.34. The molecule has 106 valence electrons. The summed E-state index contributed by atoms with van der Waals surface area (Å²) in [6, 6.07) is 12.8. The molecule has 1 heterocycles. The Kier molecular flexibility index (Phi) is 3.77. The van der Waals surface area contributed by atoms with Crippen molar-refractivity contribution in [3.05, 3.63) is 66.2 Å². The summed E-state index contributed by atoms with van der Waals surface area (Å²) in [5.74, 6) is -0.201. The van der Waals surface area contributed by atoms with Gasteiger partial charge in [-0.15, -0.1) is 0 Å². The average Bonchev–Trinajstić information content (AvgIpc) is 2.49. The topological polar surface area (TPSA) is 37.8 Å². The summed E-state index contributed by atoms with van der Waals surface area (Å²) in [5.41, 5.74) is 3.88. The van der Waals surface area contributed by atoms with Crippen LogP contribution in [0, 0.1) is 5.82 Å². The first-order valence-electron chi connectivity index (χ1n) is 6.92. The highest BCUT2D eigenvalue weighted by molar-refractivity contribution is 5.78. The van der Waals surface area contributed by atoms with Crippen molar-refractivity contribution in [2.24, 2.45) is 0 Å². The first kappa shape index (κ1) is 13.5. The third kappa shape index (κ3) is 3.34. The van der Waals surface area contributed by atoms with Crippen LogP contribution in [-0.2, 0) is 6.42 Å². The molecule has 1 unspecified atom stereocenters. The number of halogens is 1. The molecule has 0 fully saturated rings. The molecular formula is C17H16FN3. The Balaban J connectivity index is 1.70. The van der Waals surface area contributed by atoms with E-state index in [4.69, 9.17) is 0 Å². The second-order valence-corrected chi connectivity index (χ2v) is 5.14. The lowest BCUT2D eigenvalue weighted by atomic mass is 10.1. The molecule has 1 atom stereocenters. The van der Waals surface area contributed by atoms with E-state index >= 15 is 0 Å². The number of anilines is 1. The zero-order valence-corrected chi connectivity index (χ0v) is 11.8. The van der Waals surface area contributed by atoms with E-state index in [1.165, 1.54) is 12.1 Å². The summed E-state index contributed by atoms with van der Waals surface area (Å²) < 4.78 is 12.9. The fraction of sp³-hybridized carbons (Fsp3) is 0.176. The molecule has 0 spiro atoms. The van der Waals surface area contributed by atoms with Crippen LogP contribution in [0.5, 0.6) is 0 Å². The maximum Gasteiger partial charge on any atom is 0.123 e. The van der Waals surface area contributed by atoms with Crippen molar-refractivity contribution < 1.29 is 4.39 Å². The van der Waals surface area contributed by atoms with Crippen molar-refractivity contribution in [2.45, 2.75) is 19.4 Å². The molecule has 0 aliphatic heterocycles. The van der Waals surface area contributed by atoms with Gasteiger partial charge in [0.05, 0.1) is 11.0 Å². The molecule has 1 aromatic heterocycles. The molecule has 0 saturated heterocycles. The molecule has 0 radical (unpaired) electrons. The molecule has 3 nitrogen and oxygen atoms in total. The Labute approximate surface area is 122 Å². The van der Waals surface area contributed by atoms with Gasteiger partial charge in [0.1, 0.15) is 5.82 Å². The Morgan fingerprint density at radius 2 is 1.71 bits per heavy atom. The highest BCUT2D eigenvalue weighted by Gasteiger charge is 2.05. The molecule has 0 saturated carbocycles. The number of hydrogen-bond donors (Lipinski definition) is 1. The van der Waals surface area contributed by atoms with E-state index in [0.29, 0.717) is 0 Å².